The van der Waals surface area contributed by atoms with Crippen molar-refractivity contribution in [3.63, 3.8) is 0 Å². The maximum Gasteiger partial charge on any atom is 0.412 e. The van der Waals surface area contributed by atoms with Gasteiger partial charge in [-0.2, -0.15) is 0 Å². The molecular weight excluding hydrogens is 608 g/mol. The Morgan fingerprint density at radius 3 is 2.35 bits per heavy atom. The van der Waals surface area contributed by atoms with Gasteiger partial charge in [0, 0.05) is 22.5 Å². The van der Waals surface area contributed by atoms with E-state index in [0.717, 1.165) is 30.5 Å². The minimum atomic E-state index is -1.65. The SMILES string of the molecule is CC(C)(C)OC(=O)N1[C@@H](CCc2c(F)cncc2NC(=O)C(N=[N+]=[N-])[C@@H](c2ccc(F)cc2)c2cc(F)cc(F)c2)COC1(C)C. The molecule has 0 bridgehead atoms. The number of azide groups is 1. The summed E-state index contributed by atoms with van der Waals surface area (Å²) in [6.45, 7) is 8.80. The second-order valence-electron chi connectivity index (χ2n) is 12.3. The molecule has 1 aliphatic heterocycles. The van der Waals surface area contributed by atoms with Crippen LogP contribution in [0.5, 0.6) is 0 Å². The number of benzene rings is 2. The van der Waals surface area contributed by atoms with Gasteiger partial charge in [0.05, 0.1) is 30.7 Å². The van der Waals surface area contributed by atoms with Crippen LogP contribution in [-0.2, 0) is 20.7 Å². The zero-order chi connectivity index (χ0) is 33.8. The lowest BCUT2D eigenvalue weighted by Gasteiger charge is -2.35. The second-order valence-corrected chi connectivity index (χ2v) is 12.3. The number of halogens is 4. The van der Waals surface area contributed by atoms with Crippen LogP contribution in [0.4, 0.5) is 28.0 Å². The highest BCUT2D eigenvalue weighted by Crippen LogP contribution is 2.35. The highest BCUT2D eigenvalue weighted by molar-refractivity contribution is 5.96. The molecule has 0 saturated carbocycles. The quantitative estimate of drug-likeness (QED) is 0.113. The largest absolute Gasteiger partial charge is 0.444 e. The molecule has 10 nitrogen and oxygen atoms in total. The van der Waals surface area contributed by atoms with Crippen LogP contribution >= 0.6 is 0 Å². The molecule has 2 aromatic carbocycles. The van der Waals surface area contributed by atoms with Crippen molar-refractivity contribution >= 4 is 17.7 Å². The molecule has 0 radical (unpaired) electrons. The van der Waals surface area contributed by atoms with Crippen molar-refractivity contribution in [2.45, 2.75) is 76.8 Å². The van der Waals surface area contributed by atoms with E-state index in [1.165, 1.54) is 23.2 Å². The van der Waals surface area contributed by atoms with Gasteiger partial charge in [0.1, 0.15) is 40.6 Å². The Bertz CT molecular complexity index is 1620. The molecule has 244 valence electrons. The molecule has 14 heteroatoms. The average Bonchev–Trinajstić information content (AvgIpc) is 3.25. The van der Waals surface area contributed by atoms with E-state index in [1.54, 1.807) is 34.6 Å². The number of carbonyl (C=O) groups is 2. The molecule has 46 heavy (non-hydrogen) atoms. The minimum Gasteiger partial charge on any atom is -0.444 e. The van der Waals surface area contributed by atoms with E-state index in [2.05, 4.69) is 20.3 Å². The lowest BCUT2D eigenvalue weighted by Crippen LogP contribution is -2.50. The van der Waals surface area contributed by atoms with Gasteiger partial charge in [-0.05, 0) is 88.4 Å². The maximum absolute atomic E-state index is 15.2. The molecule has 1 saturated heterocycles. The Morgan fingerprint density at radius 2 is 1.74 bits per heavy atom. The number of nitrogens with one attached hydrogen (secondary N) is 1. The van der Waals surface area contributed by atoms with E-state index in [0.29, 0.717) is 6.07 Å². The molecule has 0 spiro atoms. The van der Waals surface area contributed by atoms with E-state index < -0.39 is 64.6 Å². The number of amides is 2. The molecule has 0 aliphatic carbocycles. The van der Waals surface area contributed by atoms with Crippen LogP contribution in [0.2, 0.25) is 0 Å². The van der Waals surface area contributed by atoms with Crippen LogP contribution in [-0.4, -0.2) is 51.9 Å². The lowest BCUT2D eigenvalue weighted by molar-refractivity contribution is -0.117. The zero-order valence-corrected chi connectivity index (χ0v) is 25.9. The summed E-state index contributed by atoms with van der Waals surface area (Å²) in [6.07, 6.45) is 1.82. The topological polar surface area (TPSA) is 130 Å². The van der Waals surface area contributed by atoms with Crippen molar-refractivity contribution in [3.05, 3.63) is 105 Å². The van der Waals surface area contributed by atoms with Crippen molar-refractivity contribution < 1.29 is 36.6 Å². The third kappa shape index (κ3) is 8.12. The van der Waals surface area contributed by atoms with Gasteiger partial charge in [0.15, 0.2) is 0 Å². The van der Waals surface area contributed by atoms with Crippen LogP contribution in [0.3, 0.4) is 0 Å². The summed E-state index contributed by atoms with van der Waals surface area (Å²) in [5.41, 5.74) is 7.79. The maximum atomic E-state index is 15.2. The fraction of sp³-hybridized carbons (Fsp3) is 0.406. The first-order valence-corrected chi connectivity index (χ1v) is 14.4. The van der Waals surface area contributed by atoms with Crippen molar-refractivity contribution in [2.75, 3.05) is 11.9 Å². The number of hydrogen-bond donors (Lipinski definition) is 1. The fourth-order valence-corrected chi connectivity index (χ4v) is 5.43. The third-order valence-corrected chi connectivity index (χ3v) is 7.39. The number of nitrogens with zero attached hydrogens (tertiary/aromatic N) is 5. The first-order chi connectivity index (χ1) is 21.6. The normalized spacial score (nSPS) is 17.2. The Balaban J connectivity index is 1.64. The second kappa shape index (κ2) is 13.8. The number of pyridine rings is 1. The smallest absolute Gasteiger partial charge is 0.412 e. The molecule has 2 heterocycles. The van der Waals surface area contributed by atoms with Crippen molar-refractivity contribution in [1.29, 1.82) is 0 Å². The number of aromatic nitrogens is 1. The number of anilines is 1. The predicted octanol–water partition coefficient (Wildman–Crippen LogP) is 7.39. The molecule has 1 N–H and O–H groups in total. The molecular formula is C32H34F4N6O4. The van der Waals surface area contributed by atoms with E-state index in [1.807, 2.05) is 0 Å². The average molecular weight is 643 g/mol. The van der Waals surface area contributed by atoms with Crippen LogP contribution in [0.25, 0.3) is 10.4 Å². The molecule has 4 rings (SSSR count). The minimum absolute atomic E-state index is 0.0239. The Labute approximate surface area is 263 Å². The fourth-order valence-electron chi connectivity index (χ4n) is 5.43. The van der Waals surface area contributed by atoms with Crippen molar-refractivity contribution in [2.24, 2.45) is 5.11 Å². The first-order valence-electron chi connectivity index (χ1n) is 14.4. The highest BCUT2D eigenvalue weighted by atomic mass is 19.1. The number of rotatable bonds is 9. The van der Waals surface area contributed by atoms with Crippen LogP contribution in [0, 0.1) is 23.3 Å². The van der Waals surface area contributed by atoms with Gasteiger partial charge < -0.3 is 14.8 Å². The molecule has 3 atom stereocenters. The van der Waals surface area contributed by atoms with Gasteiger partial charge in [-0.15, -0.1) is 0 Å². The van der Waals surface area contributed by atoms with Crippen molar-refractivity contribution in [3.8, 4) is 0 Å². The third-order valence-electron chi connectivity index (χ3n) is 7.39. The summed E-state index contributed by atoms with van der Waals surface area (Å²) < 4.78 is 69.0. The molecule has 1 aliphatic rings. The van der Waals surface area contributed by atoms with Gasteiger partial charge in [-0.25, -0.2) is 22.4 Å². The summed E-state index contributed by atoms with van der Waals surface area (Å²) in [4.78, 5) is 34.9. The Morgan fingerprint density at radius 1 is 1.09 bits per heavy atom. The lowest BCUT2D eigenvalue weighted by atomic mass is 9.84. The highest BCUT2D eigenvalue weighted by Gasteiger charge is 2.45. The monoisotopic (exact) mass is 642 g/mol. The number of carbonyl (C=O) groups excluding carboxylic acids is 2. The number of ether oxygens (including phenoxy) is 2. The van der Waals surface area contributed by atoms with E-state index in [9.17, 15) is 28.3 Å². The molecule has 1 fully saturated rings. The predicted molar refractivity (Wildman–Crippen MR) is 161 cm³/mol. The Hall–Kier alpha value is -4.68. The van der Waals surface area contributed by atoms with E-state index >= 15 is 4.39 Å². The van der Waals surface area contributed by atoms with Gasteiger partial charge >= 0.3 is 6.09 Å². The molecule has 1 unspecified atom stereocenters. The standard InChI is InChI=1S/C32H34F4N6O4/c1-31(2,3)46-30(44)42-23(17-45-32(42,4)5)10-11-24-25(36)15-38-16-26(24)39-29(43)28(40-41-37)27(18-6-8-20(33)9-7-18)19-12-21(34)14-22(35)13-19/h6-9,12-16,23,27-28H,10-11,17H2,1-5H3,(H,39,43)/t23-,27-,28?/m0/s1. The van der Waals surface area contributed by atoms with Gasteiger partial charge in [-0.3, -0.25) is 14.7 Å². The summed E-state index contributed by atoms with van der Waals surface area (Å²) in [6, 6.07) is 5.21. The van der Waals surface area contributed by atoms with Crippen LogP contribution < -0.4 is 5.32 Å². The summed E-state index contributed by atoms with van der Waals surface area (Å²) in [7, 11) is 0. The summed E-state index contributed by atoms with van der Waals surface area (Å²) in [5, 5.41) is 6.18. The molecule has 1 aromatic heterocycles. The first kappa shape index (κ1) is 34.2. The summed E-state index contributed by atoms with van der Waals surface area (Å²) in [5.74, 6) is -5.44. The number of hydrogen-bond acceptors (Lipinski definition) is 6. The van der Waals surface area contributed by atoms with Gasteiger partial charge in [0.2, 0.25) is 5.91 Å². The molecule has 2 amide bonds. The van der Waals surface area contributed by atoms with E-state index in [-0.39, 0.29) is 41.8 Å². The van der Waals surface area contributed by atoms with Gasteiger partial charge in [0.25, 0.3) is 0 Å². The van der Waals surface area contributed by atoms with Crippen LogP contribution in [0.1, 0.15) is 63.6 Å². The van der Waals surface area contributed by atoms with E-state index in [4.69, 9.17) is 9.47 Å². The van der Waals surface area contributed by atoms with Crippen LogP contribution in [0.15, 0.2) is 60.0 Å². The van der Waals surface area contributed by atoms with Gasteiger partial charge in [-0.1, -0.05) is 17.2 Å². The molecule has 3 aromatic rings. The summed E-state index contributed by atoms with van der Waals surface area (Å²) >= 11 is 0. The Kier molecular flexibility index (Phi) is 10.2. The van der Waals surface area contributed by atoms with Crippen molar-refractivity contribution in [1.82, 2.24) is 9.88 Å². The zero-order valence-electron chi connectivity index (χ0n) is 25.9.